The topological polar surface area (TPSA) is 95.2 Å². The van der Waals surface area contributed by atoms with Gasteiger partial charge in [-0.2, -0.15) is 0 Å². The maximum absolute atomic E-state index is 8.49. The van der Waals surface area contributed by atoms with Gasteiger partial charge in [0.15, 0.2) is 0 Å². The largest absolute Gasteiger partial charge is 0.240 e. The maximum Gasteiger partial charge on any atom is 0.148 e. The summed E-state index contributed by atoms with van der Waals surface area (Å²) in [5, 5.41) is 0. The summed E-state index contributed by atoms with van der Waals surface area (Å²) in [7, 11) is -2.77. The monoisotopic (exact) mass is 211 g/mol. The first-order chi connectivity index (χ1) is 5.80. The van der Waals surface area contributed by atoms with Gasteiger partial charge in [-0.15, -0.1) is 10.2 Å². The lowest BCUT2D eigenvalue weighted by atomic mass is 10.1. The van der Waals surface area contributed by atoms with Crippen molar-refractivity contribution in [3.63, 3.8) is 0 Å². The summed E-state index contributed by atoms with van der Waals surface area (Å²) >= 11 is 0. The highest BCUT2D eigenvalue weighted by atomic mass is 35.7. The van der Waals surface area contributed by atoms with Crippen LogP contribution in [0.15, 0.2) is 0 Å². The van der Waals surface area contributed by atoms with Gasteiger partial charge in [0, 0.05) is 19.8 Å². The van der Waals surface area contributed by atoms with Crippen molar-refractivity contribution >= 4 is 5.71 Å². The zero-order valence-corrected chi connectivity index (χ0v) is 8.54. The fraction of sp³-hybridized carbons (Fsp3) is 0.857. The third-order valence-electron chi connectivity index (χ3n) is 1.93. The minimum Gasteiger partial charge on any atom is -0.240 e. The second kappa shape index (κ2) is 5.51. The quantitative estimate of drug-likeness (QED) is 0.389. The van der Waals surface area contributed by atoms with Gasteiger partial charge in [-0.1, -0.05) is 0 Å². The predicted octanol–water partition coefficient (Wildman–Crippen LogP) is -3.48. The van der Waals surface area contributed by atoms with Gasteiger partial charge >= 0.3 is 0 Å². The molecule has 0 radical (unpaired) electrons. The van der Waals surface area contributed by atoms with Crippen LogP contribution in [-0.4, -0.2) is 23.9 Å². The molecule has 1 rings (SSSR count). The minimum absolute atomic E-state index is 1.27. The van der Waals surface area contributed by atoms with Crippen LogP contribution in [0.5, 0.6) is 0 Å². The lowest BCUT2D eigenvalue weighted by Crippen LogP contribution is -2.68. The number of nitrogens with zero attached hydrogens (tertiary/aromatic N) is 1. The first-order valence-electron chi connectivity index (χ1n) is 3.96. The van der Waals surface area contributed by atoms with E-state index in [0.717, 1.165) is 0 Å². The van der Waals surface area contributed by atoms with Crippen LogP contribution in [0, 0.1) is 10.2 Å². The van der Waals surface area contributed by atoms with Crippen LogP contribution in [0.4, 0.5) is 0 Å². The van der Waals surface area contributed by atoms with Gasteiger partial charge in [0.05, 0.1) is 0 Å². The third-order valence-corrected chi connectivity index (χ3v) is 1.93. The lowest BCUT2D eigenvalue weighted by molar-refractivity contribution is -2.00. The van der Waals surface area contributed by atoms with Crippen molar-refractivity contribution in [1.29, 1.82) is 0 Å². The zero-order chi connectivity index (χ0) is 10.5. The number of hydrogen-bond acceptors (Lipinski definition) is 4. The molecule has 78 valence electrons. The zero-order valence-electron chi connectivity index (χ0n) is 7.79. The van der Waals surface area contributed by atoms with E-state index in [4.69, 9.17) is 18.6 Å². The molecule has 0 atom stereocenters. The molecule has 0 N–H and O–H groups in total. The first kappa shape index (κ1) is 12.8. The van der Waals surface area contributed by atoms with Crippen molar-refractivity contribution in [3.05, 3.63) is 0 Å². The van der Waals surface area contributed by atoms with E-state index in [0.29, 0.717) is 0 Å². The molecule has 5 nitrogen and oxygen atoms in total. The third kappa shape index (κ3) is 9.72. The van der Waals surface area contributed by atoms with Gasteiger partial charge in [0.2, 0.25) is 0 Å². The Balaban J connectivity index is 0.000000252. The average molecular weight is 212 g/mol. The van der Waals surface area contributed by atoms with Crippen molar-refractivity contribution in [3.8, 4) is 0 Å². The summed E-state index contributed by atoms with van der Waals surface area (Å²) in [5.41, 5.74) is 1.55. The molecule has 6 heteroatoms. The Morgan fingerprint density at radius 3 is 1.85 bits per heavy atom. The molecule has 0 spiro atoms. The van der Waals surface area contributed by atoms with Crippen LogP contribution < -0.4 is 18.6 Å². The van der Waals surface area contributed by atoms with E-state index >= 15 is 0 Å². The van der Waals surface area contributed by atoms with Crippen LogP contribution in [0.3, 0.4) is 0 Å². The molecule has 0 aromatic carbocycles. The molecule has 0 bridgehead atoms. The van der Waals surface area contributed by atoms with Crippen molar-refractivity contribution in [2.24, 2.45) is 0 Å². The number of halogens is 1. The lowest BCUT2D eigenvalue weighted by Gasteiger charge is -2.17. The average Bonchev–Trinajstić information content (AvgIpc) is 1.92. The van der Waals surface area contributed by atoms with Gasteiger partial charge in [-0.3, -0.25) is 0 Å². The Hall–Kier alpha value is -0.200. The molecule has 0 unspecified atom stereocenters. The molecule has 0 aliphatic carbocycles. The summed E-state index contributed by atoms with van der Waals surface area (Å²) in [6, 6.07) is 0. The van der Waals surface area contributed by atoms with E-state index in [1.807, 2.05) is 0 Å². The van der Waals surface area contributed by atoms with Crippen molar-refractivity contribution in [1.82, 2.24) is 0 Å². The van der Waals surface area contributed by atoms with E-state index in [1.165, 1.54) is 25.8 Å². The Bertz CT molecular complexity index is 167. The molecule has 0 saturated carbocycles. The Morgan fingerprint density at radius 1 is 1.15 bits per heavy atom. The number of rotatable bonds is 0. The van der Waals surface area contributed by atoms with E-state index in [-0.39, 0.29) is 0 Å². The maximum atomic E-state index is 8.49. The molecule has 1 aliphatic rings. The van der Waals surface area contributed by atoms with Crippen molar-refractivity contribution in [2.45, 2.75) is 26.2 Å². The molecule has 0 amide bonds. The van der Waals surface area contributed by atoms with Crippen molar-refractivity contribution in [2.75, 3.05) is 13.6 Å². The minimum atomic E-state index is -4.94. The van der Waals surface area contributed by atoms with Gasteiger partial charge in [-0.05, 0) is 6.42 Å². The summed E-state index contributed by atoms with van der Waals surface area (Å²) < 4.78 is 36.3. The normalized spacial score (nSPS) is 18.0. The van der Waals surface area contributed by atoms with E-state index in [1.54, 1.807) is 5.71 Å². The summed E-state index contributed by atoms with van der Waals surface area (Å²) in [6.45, 7) is 3.49. The van der Waals surface area contributed by atoms with Gasteiger partial charge in [0.25, 0.3) is 0 Å². The second-order valence-electron chi connectivity index (χ2n) is 2.99. The summed E-state index contributed by atoms with van der Waals surface area (Å²) in [5.74, 6) is 0. The number of hydrogen-bond donors (Lipinski definition) is 0. The van der Waals surface area contributed by atoms with Crippen LogP contribution in [-0.2, 0) is 0 Å². The highest BCUT2D eigenvalue weighted by molar-refractivity contribution is 5.77. The SMILES string of the molecule is CC1=[N+](C)CCCC1.[O-][Cl+3]([O-])([O-])[O-]. The molecule has 1 heterocycles. The molecular weight excluding hydrogens is 198 g/mol. The van der Waals surface area contributed by atoms with E-state index in [9.17, 15) is 0 Å². The van der Waals surface area contributed by atoms with Crippen molar-refractivity contribution < 1.29 is 33.5 Å². The Morgan fingerprint density at radius 2 is 1.62 bits per heavy atom. The van der Waals surface area contributed by atoms with Crippen LogP contribution in [0.2, 0.25) is 0 Å². The molecule has 0 fully saturated rings. The highest BCUT2D eigenvalue weighted by Crippen LogP contribution is 2.03. The first-order valence-corrected chi connectivity index (χ1v) is 5.19. The Kier molecular flexibility index (Phi) is 5.43. The van der Waals surface area contributed by atoms with E-state index < -0.39 is 10.2 Å². The Labute approximate surface area is 79.7 Å². The van der Waals surface area contributed by atoms with Crippen LogP contribution in [0.1, 0.15) is 26.2 Å². The fourth-order valence-electron chi connectivity index (χ4n) is 1.11. The predicted molar refractivity (Wildman–Crippen MR) is 35.6 cm³/mol. The second-order valence-corrected chi connectivity index (χ2v) is 3.75. The van der Waals surface area contributed by atoms with Gasteiger partial charge in [-0.25, -0.2) is 23.2 Å². The molecule has 13 heavy (non-hydrogen) atoms. The summed E-state index contributed by atoms with van der Waals surface area (Å²) in [6.07, 6.45) is 4.10. The smallest absolute Gasteiger partial charge is 0.148 e. The van der Waals surface area contributed by atoms with Gasteiger partial charge < -0.3 is 0 Å². The molecular formula is C7H14ClNO4. The van der Waals surface area contributed by atoms with Crippen LogP contribution >= 0.6 is 0 Å². The molecule has 0 aromatic heterocycles. The molecule has 1 aliphatic heterocycles. The van der Waals surface area contributed by atoms with Gasteiger partial charge in [0.1, 0.15) is 19.3 Å². The standard InChI is InChI=1S/C7H14N.ClHO4/c1-7-5-3-4-6-8(7)2;2-1(3,4)5/h3-6H2,1-2H3;(H,2,3,4,5)/q+1;/p-1. The van der Waals surface area contributed by atoms with E-state index in [2.05, 4.69) is 18.5 Å². The summed E-state index contributed by atoms with van der Waals surface area (Å²) in [4.78, 5) is 0. The molecule has 0 saturated heterocycles. The highest BCUT2D eigenvalue weighted by Gasteiger charge is 2.09. The molecule has 0 aromatic rings. The fourth-order valence-corrected chi connectivity index (χ4v) is 1.11. The van der Waals surface area contributed by atoms with Crippen LogP contribution in [0.25, 0.3) is 0 Å².